The van der Waals surface area contributed by atoms with Gasteiger partial charge in [0.15, 0.2) is 11.6 Å². The molecule has 2 saturated carbocycles. The van der Waals surface area contributed by atoms with Gasteiger partial charge in [-0.05, 0) is 63.9 Å². The number of H-pyrrole nitrogens is 1. The summed E-state index contributed by atoms with van der Waals surface area (Å²) in [5.74, 6) is -9.44. The van der Waals surface area contributed by atoms with Gasteiger partial charge in [0.1, 0.15) is 6.17 Å². The molecule has 320 valence electrons. The summed E-state index contributed by atoms with van der Waals surface area (Å²) < 4.78 is 126. The summed E-state index contributed by atoms with van der Waals surface area (Å²) in [6.45, 7) is 0. The molecule has 3 aromatic heterocycles. The molecule has 2 atom stereocenters. The van der Waals surface area contributed by atoms with Crippen LogP contribution in [0.15, 0.2) is 30.6 Å². The lowest BCUT2D eigenvalue weighted by Crippen LogP contribution is -2.36. The number of carbonyl (C=O) groups excluding carboxylic acids is 1. The molecule has 58 heavy (non-hydrogen) atoms. The zero-order valence-electron chi connectivity index (χ0n) is 29.5. The average molecular weight is 870 g/mol. The van der Waals surface area contributed by atoms with Crippen LogP contribution < -0.4 is 10.6 Å². The fourth-order valence-electron chi connectivity index (χ4n) is 5.34. The molecule has 0 radical (unpaired) electrons. The molecule has 0 spiro atoms. The second-order valence-corrected chi connectivity index (χ2v) is 13.1. The molecule has 1 amide bonds. The second-order valence-electron chi connectivity index (χ2n) is 12.7. The topological polar surface area (TPSA) is 202 Å². The van der Waals surface area contributed by atoms with Gasteiger partial charge in [0.05, 0.1) is 33.9 Å². The number of amides is 1. The molecule has 0 bridgehead atoms. The highest BCUT2D eigenvalue weighted by molar-refractivity contribution is 6.36. The number of rotatable bonds is 6. The standard InChI is InChI=1S/C26H28ClF2N7O.3C2HF3O2/c1-35(2)15-5-3-14(4-6-15)31-25-23(29)22(27)21(18-12-30-33-24(18)25)13-7-8-36-16(9-13)10-20(34-36)32-26(37)17-11-19(17)28;3*3-2(4,5)1(6)7/h7-10,12,14-15,17,19,31H,3-6,11H2,1-2H3,(H,30,33)(H,32,34,37);3*(H,6,7)/t14?,15?,17-,19+;;;/m1.../s1. The van der Waals surface area contributed by atoms with Crippen molar-refractivity contribution in [3.63, 3.8) is 0 Å². The van der Waals surface area contributed by atoms with Crippen LogP contribution in [0.3, 0.4) is 0 Å². The number of anilines is 2. The Bertz CT molecular complexity index is 2060. The minimum Gasteiger partial charge on any atom is -0.475 e. The van der Waals surface area contributed by atoms with Crippen LogP contribution in [0, 0.1) is 11.7 Å². The van der Waals surface area contributed by atoms with E-state index in [1.54, 1.807) is 29.0 Å². The van der Waals surface area contributed by atoms with Crippen LogP contribution in [-0.2, 0) is 19.2 Å². The highest BCUT2D eigenvalue weighted by Crippen LogP contribution is 2.42. The first-order valence-electron chi connectivity index (χ1n) is 16.2. The lowest BCUT2D eigenvalue weighted by atomic mass is 9.90. The van der Waals surface area contributed by atoms with Gasteiger partial charge in [-0.1, -0.05) is 11.6 Å². The summed E-state index contributed by atoms with van der Waals surface area (Å²) in [5, 5.41) is 39.6. The van der Waals surface area contributed by atoms with Crippen molar-refractivity contribution in [3.05, 3.63) is 41.4 Å². The maximum absolute atomic E-state index is 15.7. The number of carbonyl (C=O) groups is 4. The number of nitrogens with zero attached hydrogens (tertiary/aromatic N) is 4. The summed E-state index contributed by atoms with van der Waals surface area (Å²) in [4.78, 5) is 41.0. The molecule has 6 rings (SSSR count). The summed E-state index contributed by atoms with van der Waals surface area (Å²) in [7, 11) is 4.19. The predicted octanol–water partition coefficient (Wildman–Crippen LogP) is 7.15. The van der Waals surface area contributed by atoms with E-state index in [0.29, 0.717) is 45.1 Å². The molecule has 1 aromatic carbocycles. The van der Waals surface area contributed by atoms with Crippen molar-refractivity contribution in [2.24, 2.45) is 5.92 Å². The Hall–Kier alpha value is -5.46. The summed E-state index contributed by atoms with van der Waals surface area (Å²) in [6.07, 6.45) is -8.73. The van der Waals surface area contributed by atoms with Crippen molar-refractivity contribution in [1.82, 2.24) is 24.7 Å². The van der Waals surface area contributed by atoms with Gasteiger partial charge in [-0.25, -0.2) is 27.7 Å². The molecule has 14 nitrogen and oxygen atoms in total. The quantitative estimate of drug-likeness (QED) is 0.108. The number of alkyl halides is 10. The molecular formula is C32H31ClF11N7O7. The summed E-state index contributed by atoms with van der Waals surface area (Å²) >= 11 is 6.65. The largest absolute Gasteiger partial charge is 0.490 e. The van der Waals surface area contributed by atoms with E-state index < -0.39 is 54.3 Å². The van der Waals surface area contributed by atoms with E-state index in [1.807, 2.05) is 6.07 Å². The predicted molar refractivity (Wildman–Crippen MR) is 181 cm³/mol. The van der Waals surface area contributed by atoms with Crippen LogP contribution in [0.1, 0.15) is 32.1 Å². The number of aliphatic carboxylic acids is 3. The van der Waals surface area contributed by atoms with E-state index >= 15 is 4.39 Å². The Morgan fingerprint density at radius 3 is 1.84 bits per heavy atom. The smallest absolute Gasteiger partial charge is 0.475 e. The van der Waals surface area contributed by atoms with Crippen LogP contribution >= 0.6 is 11.6 Å². The van der Waals surface area contributed by atoms with E-state index in [-0.39, 0.29) is 23.4 Å². The van der Waals surface area contributed by atoms with Crippen molar-refractivity contribution in [3.8, 4) is 11.1 Å². The van der Waals surface area contributed by atoms with Crippen LogP contribution in [0.5, 0.6) is 0 Å². The third-order valence-electron chi connectivity index (χ3n) is 8.35. The van der Waals surface area contributed by atoms with Gasteiger partial charge in [-0.15, -0.1) is 0 Å². The fourth-order valence-corrected chi connectivity index (χ4v) is 5.64. The lowest BCUT2D eigenvalue weighted by Gasteiger charge is -2.33. The molecule has 26 heteroatoms. The van der Waals surface area contributed by atoms with Gasteiger partial charge < -0.3 is 30.9 Å². The van der Waals surface area contributed by atoms with Crippen molar-refractivity contribution >= 4 is 63.3 Å². The van der Waals surface area contributed by atoms with Crippen molar-refractivity contribution in [2.75, 3.05) is 24.7 Å². The summed E-state index contributed by atoms with van der Waals surface area (Å²) in [5.41, 5.74) is 2.80. The van der Waals surface area contributed by atoms with Gasteiger partial charge in [0.25, 0.3) is 0 Å². The highest BCUT2D eigenvalue weighted by Gasteiger charge is 2.44. The number of aromatic amines is 1. The van der Waals surface area contributed by atoms with E-state index in [1.165, 1.54) is 0 Å². The number of fused-ring (bicyclic) bond motifs is 2. The molecular weight excluding hydrogens is 839 g/mol. The Morgan fingerprint density at radius 1 is 0.897 bits per heavy atom. The lowest BCUT2D eigenvalue weighted by molar-refractivity contribution is -0.193. The number of carboxylic acids is 3. The number of pyridine rings is 1. The third kappa shape index (κ3) is 12.5. The normalized spacial score (nSPS) is 19.2. The van der Waals surface area contributed by atoms with Gasteiger partial charge in [0.2, 0.25) is 5.91 Å². The Kier molecular flexibility index (Phi) is 14.9. The first-order valence-corrected chi connectivity index (χ1v) is 16.6. The highest BCUT2D eigenvalue weighted by atomic mass is 35.5. The molecule has 2 aliphatic rings. The van der Waals surface area contributed by atoms with E-state index in [0.717, 1.165) is 25.7 Å². The van der Waals surface area contributed by atoms with Gasteiger partial charge in [-0.3, -0.25) is 9.89 Å². The maximum Gasteiger partial charge on any atom is 0.490 e. The molecule has 0 saturated heterocycles. The van der Waals surface area contributed by atoms with E-state index in [2.05, 4.69) is 44.9 Å². The van der Waals surface area contributed by atoms with Crippen LogP contribution in [0.2, 0.25) is 5.02 Å². The zero-order valence-corrected chi connectivity index (χ0v) is 30.3. The van der Waals surface area contributed by atoms with Crippen molar-refractivity contribution in [2.45, 2.75) is 68.9 Å². The first kappa shape index (κ1) is 46.9. The number of nitrogens with one attached hydrogen (secondary N) is 3. The summed E-state index contributed by atoms with van der Waals surface area (Å²) in [6, 6.07) is 5.99. The third-order valence-corrected chi connectivity index (χ3v) is 8.70. The number of aromatic nitrogens is 4. The van der Waals surface area contributed by atoms with Gasteiger partial charge in [-0.2, -0.15) is 49.7 Å². The Labute approximate surface area is 322 Å². The Morgan fingerprint density at radius 2 is 1.40 bits per heavy atom. The molecule has 2 fully saturated rings. The van der Waals surface area contributed by atoms with Gasteiger partial charge in [0, 0.05) is 35.3 Å². The molecule has 6 N–H and O–H groups in total. The number of benzene rings is 1. The molecule has 4 aromatic rings. The van der Waals surface area contributed by atoms with E-state index in [9.17, 15) is 48.7 Å². The van der Waals surface area contributed by atoms with E-state index in [4.69, 9.17) is 41.3 Å². The van der Waals surface area contributed by atoms with Crippen LogP contribution in [0.25, 0.3) is 27.5 Å². The average Bonchev–Trinajstić information content (AvgIpc) is 3.45. The number of carboxylic acid groups (broad SMARTS) is 3. The number of hydrogen-bond donors (Lipinski definition) is 6. The maximum atomic E-state index is 15.7. The minimum absolute atomic E-state index is 0.0125. The minimum atomic E-state index is -5.08. The van der Waals surface area contributed by atoms with Crippen molar-refractivity contribution < 1.29 is 82.8 Å². The second kappa shape index (κ2) is 18.4. The molecule has 2 aliphatic carbocycles. The molecule has 0 unspecified atom stereocenters. The van der Waals surface area contributed by atoms with Crippen LogP contribution in [0.4, 0.5) is 59.8 Å². The number of hydrogen-bond acceptors (Lipinski definition) is 8. The Balaban J connectivity index is 0.000000353. The number of halogens is 12. The fraction of sp³-hybridized carbons (Fsp3) is 0.438. The zero-order chi connectivity index (χ0) is 44.1. The monoisotopic (exact) mass is 869 g/mol. The molecule has 0 aliphatic heterocycles. The van der Waals surface area contributed by atoms with Crippen LogP contribution in [-0.4, -0.2) is 115 Å². The molecule has 3 heterocycles. The first-order chi connectivity index (χ1) is 26.6. The SMILES string of the molecule is CN(C)C1CCC(Nc2c(F)c(Cl)c(-c3ccn4nc(NC(=O)[C@@H]5C[C@@H]5F)cc4c3)c3cn[nH]c23)CC1.O=C(O)C(F)(F)F.O=C(O)C(F)(F)F.O=C(O)C(F)(F)F. The van der Waals surface area contributed by atoms with Gasteiger partial charge >= 0.3 is 36.4 Å². The van der Waals surface area contributed by atoms with Crippen molar-refractivity contribution in [1.29, 1.82) is 0 Å².